The summed E-state index contributed by atoms with van der Waals surface area (Å²) in [7, 11) is 0. The molecule has 150 valence electrons. The average Bonchev–Trinajstić information content (AvgIpc) is 3.19. The Hall–Kier alpha value is -1.66. The molecule has 1 aliphatic heterocycles. The summed E-state index contributed by atoms with van der Waals surface area (Å²) >= 11 is 7.39. The Morgan fingerprint density at radius 3 is 2.71 bits per heavy atom. The van der Waals surface area contributed by atoms with Crippen molar-refractivity contribution < 1.29 is 4.79 Å². The number of halogens is 1. The van der Waals surface area contributed by atoms with Crippen molar-refractivity contribution in [2.75, 3.05) is 18.0 Å². The monoisotopic (exact) mass is 418 g/mol. The van der Waals surface area contributed by atoms with E-state index in [0.717, 1.165) is 60.3 Å². The van der Waals surface area contributed by atoms with Crippen molar-refractivity contribution in [1.29, 1.82) is 0 Å². The fourth-order valence-electron chi connectivity index (χ4n) is 4.16. The summed E-state index contributed by atoms with van der Waals surface area (Å²) in [5.41, 5.74) is 1.15. The molecule has 2 heterocycles. The van der Waals surface area contributed by atoms with Crippen LogP contribution in [0.25, 0.3) is 0 Å². The summed E-state index contributed by atoms with van der Waals surface area (Å²) in [4.78, 5) is 19.7. The van der Waals surface area contributed by atoms with E-state index < -0.39 is 0 Å². The fourth-order valence-corrected chi connectivity index (χ4v) is 5.01. The Kier molecular flexibility index (Phi) is 6.47. The van der Waals surface area contributed by atoms with Crippen LogP contribution in [0, 0.1) is 5.92 Å². The van der Waals surface area contributed by atoms with Gasteiger partial charge >= 0.3 is 0 Å². The molecule has 7 heteroatoms. The average molecular weight is 419 g/mol. The van der Waals surface area contributed by atoms with Crippen LogP contribution in [0.4, 0.5) is 5.13 Å². The van der Waals surface area contributed by atoms with E-state index in [9.17, 15) is 4.79 Å². The molecule has 1 aromatic heterocycles. The van der Waals surface area contributed by atoms with Crippen molar-refractivity contribution in [2.45, 2.75) is 57.4 Å². The van der Waals surface area contributed by atoms with Gasteiger partial charge in [-0.25, -0.2) is 4.98 Å². The Morgan fingerprint density at radius 1 is 1.14 bits per heavy atom. The van der Waals surface area contributed by atoms with E-state index in [-0.39, 0.29) is 11.8 Å². The third kappa shape index (κ3) is 5.03. The van der Waals surface area contributed by atoms with Crippen molar-refractivity contribution in [2.24, 2.45) is 5.92 Å². The van der Waals surface area contributed by atoms with Crippen molar-refractivity contribution in [3.63, 3.8) is 0 Å². The molecule has 2 fully saturated rings. The number of anilines is 1. The number of piperidine rings is 1. The lowest BCUT2D eigenvalue weighted by atomic mass is 9.93. The van der Waals surface area contributed by atoms with E-state index in [0.29, 0.717) is 12.5 Å². The number of carbonyl (C=O) groups is 1. The standard InChI is InChI=1S/C21H27ClN4OS/c22-17-10-8-15(9-11-17)13-19-24-21(28-25-19)26-12-4-5-16(14-26)20(27)23-18-6-2-1-3-7-18/h8-11,16,18H,1-7,12-14H2,(H,23,27). The molecule has 1 aliphatic carbocycles. The first-order valence-electron chi connectivity index (χ1n) is 10.3. The van der Waals surface area contributed by atoms with Crippen LogP contribution in [0.2, 0.25) is 5.02 Å². The van der Waals surface area contributed by atoms with Gasteiger partial charge in [0.2, 0.25) is 11.0 Å². The van der Waals surface area contributed by atoms with Crippen molar-refractivity contribution in [3.05, 3.63) is 40.7 Å². The number of amides is 1. The van der Waals surface area contributed by atoms with Gasteiger partial charge in [-0.3, -0.25) is 4.79 Å². The first kappa shape index (κ1) is 19.6. The van der Waals surface area contributed by atoms with E-state index in [1.54, 1.807) is 0 Å². The van der Waals surface area contributed by atoms with E-state index in [4.69, 9.17) is 16.6 Å². The number of benzene rings is 1. The second-order valence-electron chi connectivity index (χ2n) is 7.93. The van der Waals surface area contributed by atoms with Crippen LogP contribution < -0.4 is 10.2 Å². The van der Waals surface area contributed by atoms with Crippen LogP contribution >= 0.6 is 23.1 Å². The molecular weight excluding hydrogens is 392 g/mol. The SMILES string of the molecule is O=C(NC1CCCCC1)C1CCCN(c2nc(Cc3ccc(Cl)cc3)ns2)C1. The number of hydrogen-bond acceptors (Lipinski definition) is 5. The first-order chi connectivity index (χ1) is 13.7. The van der Waals surface area contributed by atoms with Gasteiger partial charge in [0.05, 0.1) is 5.92 Å². The minimum absolute atomic E-state index is 0.0549. The van der Waals surface area contributed by atoms with E-state index in [2.05, 4.69) is 14.6 Å². The molecule has 1 amide bonds. The Labute approximate surface area is 175 Å². The third-order valence-corrected chi connectivity index (χ3v) is 6.81. The van der Waals surface area contributed by atoms with Crippen LogP contribution in [0.15, 0.2) is 24.3 Å². The van der Waals surface area contributed by atoms with Gasteiger partial charge in [0.25, 0.3) is 0 Å². The number of carbonyl (C=O) groups excluding carboxylic acids is 1. The highest BCUT2D eigenvalue weighted by Gasteiger charge is 2.29. The fraction of sp³-hybridized carbons (Fsp3) is 0.571. The maximum absolute atomic E-state index is 12.7. The molecule has 1 N–H and O–H groups in total. The van der Waals surface area contributed by atoms with Gasteiger partial charge in [0.1, 0.15) is 5.82 Å². The molecule has 4 rings (SSSR count). The first-order valence-corrected chi connectivity index (χ1v) is 11.4. The lowest BCUT2D eigenvalue weighted by Crippen LogP contribution is -2.46. The smallest absolute Gasteiger partial charge is 0.225 e. The Morgan fingerprint density at radius 2 is 1.93 bits per heavy atom. The van der Waals surface area contributed by atoms with Crippen molar-refractivity contribution in [1.82, 2.24) is 14.7 Å². The van der Waals surface area contributed by atoms with Gasteiger partial charge in [0, 0.05) is 42.1 Å². The minimum atomic E-state index is 0.0549. The summed E-state index contributed by atoms with van der Waals surface area (Å²) in [5, 5.41) is 4.96. The van der Waals surface area contributed by atoms with Crippen LogP contribution in [-0.4, -0.2) is 34.4 Å². The summed E-state index contributed by atoms with van der Waals surface area (Å²) in [6, 6.07) is 8.18. The summed E-state index contributed by atoms with van der Waals surface area (Å²) in [5.74, 6) is 1.11. The lowest BCUT2D eigenvalue weighted by Gasteiger charge is -2.33. The van der Waals surface area contributed by atoms with Gasteiger partial charge in [-0.2, -0.15) is 4.37 Å². The van der Waals surface area contributed by atoms with Gasteiger partial charge in [-0.1, -0.05) is 43.0 Å². The van der Waals surface area contributed by atoms with E-state index in [1.807, 2.05) is 24.3 Å². The molecule has 5 nitrogen and oxygen atoms in total. The molecule has 2 aliphatic rings. The second-order valence-corrected chi connectivity index (χ2v) is 9.09. The highest BCUT2D eigenvalue weighted by molar-refractivity contribution is 7.09. The zero-order chi connectivity index (χ0) is 19.3. The number of aromatic nitrogens is 2. The maximum atomic E-state index is 12.7. The van der Waals surface area contributed by atoms with Crippen LogP contribution in [0.1, 0.15) is 56.3 Å². The molecule has 1 unspecified atom stereocenters. The molecular formula is C21H27ClN4OS. The second kappa shape index (κ2) is 9.23. The van der Waals surface area contributed by atoms with Crippen LogP contribution in [0.3, 0.4) is 0 Å². The number of hydrogen-bond donors (Lipinski definition) is 1. The molecule has 2 aromatic rings. The van der Waals surface area contributed by atoms with Crippen LogP contribution in [0.5, 0.6) is 0 Å². The molecule has 1 aromatic carbocycles. The molecule has 0 radical (unpaired) electrons. The zero-order valence-corrected chi connectivity index (χ0v) is 17.6. The van der Waals surface area contributed by atoms with Gasteiger partial charge in [-0.05, 0) is 43.4 Å². The number of nitrogens with one attached hydrogen (secondary N) is 1. The third-order valence-electron chi connectivity index (χ3n) is 5.75. The molecule has 0 bridgehead atoms. The minimum Gasteiger partial charge on any atom is -0.353 e. The number of rotatable bonds is 5. The van der Waals surface area contributed by atoms with E-state index in [1.165, 1.54) is 30.8 Å². The largest absolute Gasteiger partial charge is 0.353 e. The molecule has 1 atom stereocenters. The zero-order valence-electron chi connectivity index (χ0n) is 16.1. The van der Waals surface area contributed by atoms with E-state index >= 15 is 0 Å². The molecule has 1 saturated heterocycles. The predicted molar refractivity (Wildman–Crippen MR) is 114 cm³/mol. The maximum Gasteiger partial charge on any atom is 0.225 e. The molecule has 0 spiro atoms. The quantitative estimate of drug-likeness (QED) is 0.779. The summed E-state index contributed by atoms with van der Waals surface area (Å²) < 4.78 is 4.53. The topological polar surface area (TPSA) is 58.1 Å². The highest BCUT2D eigenvalue weighted by atomic mass is 35.5. The lowest BCUT2D eigenvalue weighted by molar-refractivity contribution is -0.126. The highest BCUT2D eigenvalue weighted by Crippen LogP contribution is 2.26. The Balaban J connectivity index is 1.34. The van der Waals surface area contributed by atoms with Gasteiger partial charge in [-0.15, -0.1) is 0 Å². The summed E-state index contributed by atoms with van der Waals surface area (Å²) in [6.45, 7) is 1.69. The van der Waals surface area contributed by atoms with Crippen molar-refractivity contribution in [3.8, 4) is 0 Å². The summed E-state index contributed by atoms with van der Waals surface area (Å²) in [6.07, 6.45) is 8.73. The molecule has 1 saturated carbocycles. The van der Waals surface area contributed by atoms with Gasteiger partial charge in [0.15, 0.2) is 0 Å². The molecule has 28 heavy (non-hydrogen) atoms. The normalized spacial score (nSPS) is 20.9. The van der Waals surface area contributed by atoms with Gasteiger partial charge < -0.3 is 10.2 Å². The van der Waals surface area contributed by atoms with Crippen molar-refractivity contribution >= 4 is 34.2 Å². The van der Waals surface area contributed by atoms with Crippen LogP contribution in [-0.2, 0) is 11.2 Å². The Bertz CT molecular complexity index is 788. The number of nitrogens with zero attached hydrogens (tertiary/aromatic N) is 3. The predicted octanol–water partition coefficient (Wildman–Crippen LogP) is 4.45.